The Labute approximate surface area is 204 Å². The molecule has 3 aromatic rings. The summed E-state index contributed by atoms with van der Waals surface area (Å²) in [6.45, 7) is 0. The molecule has 0 radical (unpaired) electrons. The quantitative estimate of drug-likeness (QED) is 0.314. The summed E-state index contributed by atoms with van der Waals surface area (Å²) in [5.74, 6) is 0.470. The molecule has 0 unspecified atom stereocenters. The lowest BCUT2D eigenvalue weighted by atomic mass is 10.1. The predicted molar refractivity (Wildman–Crippen MR) is 134 cm³/mol. The van der Waals surface area contributed by atoms with Gasteiger partial charge in [-0.25, -0.2) is 9.79 Å². The molecule has 2 heterocycles. The van der Waals surface area contributed by atoms with Crippen molar-refractivity contribution < 1.29 is 19.1 Å². The van der Waals surface area contributed by atoms with Crippen LogP contribution in [0.15, 0.2) is 70.7 Å². The van der Waals surface area contributed by atoms with Crippen molar-refractivity contribution in [3.8, 4) is 5.75 Å². The maximum absolute atomic E-state index is 13.3. The number of amides is 1. The first kappa shape index (κ1) is 23.1. The molecule has 33 heavy (non-hydrogen) atoms. The molecule has 2 aromatic carbocycles. The van der Waals surface area contributed by atoms with E-state index in [4.69, 9.17) is 21.1 Å². The zero-order chi connectivity index (χ0) is 23.4. The first-order valence-corrected chi connectivity index (χ1v) is 12.1. The molecule has 4 rings (SSSR count). The highest BCUT2D eigenvalue weighted by Gasteiger charge is 2.32. The van der Waals surface area contributed by atoms with E-state index >= 15 is 0 Å². The van der Waals surface area contributed by atoms with Gasteiger partial charge in [-0.2, -0.15) is 0 Å². The van der Waals surface area contributed by atoms with Crippen LogP contribution in [0.25, 0.3) is 6.08 Å². The third-order valence-electron chi connectivity index (χ3n) is 4.79. The van der Waals surface area contributed by atoms with Gasteiger partial charge < -0.3 is 9.47 Å². The van der Waals surface area contributed by atoms with Gasteiger partial charge in [-0.05, 0) is 53.4 Å². The van der Waals surface area contributed by atoms with E-state index in [1.807, 2.05) is 29.6 Å². The number of aliphatic imine (C=N–C) groups is 1. The van der Waals surface area contributed by atoms with Gasteiger partial charge in [-0.1, -0.05) is 41.6 Å². The Bertz CT molecular complexity index is 1240. The molecule has 9 heteroatoms. The fourth-order valence-electron chi connectivity index (χ4n) is 3.13. The van der Waals surface area contributed by atoms with Crippen molar-refractivity contribution in [2.24, 2.45) is 4.99 Å². The Kier molecular flexibility index (Phi) is 7.17. The molecule has 1 aliphatic rings. The van der Waals surface area contributed by atoms with Gasteiger partial charge in [-0.15, -0.1) is 11.3 Å². The average Bonchev–Trinajstić information content (AvgIpc) is 3.45. The SMILES string of the molecule is COC(=O)c1ccc(CSC2=N/C(=C/c3cccs3)C(=O)N2c2ccc(OC)c(Cl)c2)cc1. The number of carbonyl (C=O) groups excluding carboxylic acids is 2. The van der Waals surface area contributed by atoms with Crippen LogP contribution >= 0.6 is 34.7 Å². The number of carbonyl (C=O) groups is 2. The van der Waals surface area contributed by atoms with E-state index in [1.54, 1.807) is 41.3 Å². The second-order valence-corrected chi connectivity index (χ2v) is 9.20. The number of hydrogen-bond donors (Lipinski definition) is 0. The van der Waals surface area contributed by atoms with E-state index < -0.39 is 0 Å². The topological polar surface area (TPSA) is 68.2 Å². The number of thioether (sulfide) groups is 1. The standard InChI is InChI=1S/C24H19ClN2O4S2/c1-30-21-10-9-17(12-19(21)25)27-22(28)20(13-18-4-3-11-32-18)26-24(27)33-14-15-5-7-16(8-6-15)23(29)31-2/h3-13H,14H2,1-2H3/b20-13+. The molecule has 0 atom stereocenters. The number of thiophene rings is 1. The van der Waals surface area contributed by atoms with Crippen LogP contribution in [0.3, 0.4) is 0 Å². The van der Waals surface area contributed by atoms with Crippen LogP contribution in [-0.2, 0) is 15.3 Å². The summed E-state index contributed by atoms with van der Waals surface area (Å²) >= 11 is 9.28. The van der Waals surface area contributed by atoms with E-state index in [9.17, 15) is 9.59 Å². The first-order valence-electron chi connectivity index (χ1n) is 9.82. The average molecular weight is 499 g/mol. The Morgan fingerprint density at radius 3 is 2.61 bits per heavy atom. The van der Waals surface area contributed by atoms with Gasteiger partial charge in [0.1, 0.15) is 11.4 Å². The minimum Gasteiger partial charge on any atom is -0.495 e. The van der Waals surface area contributed by atoms with Crippen LogP contribution in [-0.4, -0.2) is 31.3 Å². The Balaban J connectivity index is 1.62. The van der Waals surface area contributed by atoms with Crippen LogP contribution < -0.4 is 9.64 Å². The number of esters is 1. The van der Waals surface area contributed by atoms with Crippen LogP contribution in [0.2, 0.25) is 5.02 Å². The maximum atomic E-state index is 13.3. The molecular formula is C24H19ClN2O4S2. The van der Waals surface area contributed by atoms with Crippen LogP contribution in [0.4, 0.5) is 5.69 Å². The molecule has 1 aromatic heterocycles. The molecular weight excluding hydrogens is 480 g/mol. The fraction of sp³-hybridized carbons (Fsp3) is 0.125. The summed E-state index contributed by atoms with van der Waals surface area (Å²) in [4.78, 5) is 32.1. The summed E-state index contributed by atoms with van der Waals surface area (Å²) in [6, 6.07) is 16.2. The van der Waals surface area contributed by atoms with Crippen LogP contribution in [0.5, 0.6) is 5.75 Å². The predicted octanol–water partition coefficient (Wildman–Crippen LogP) is 5.87. The zero-order valence-corrected chi connectivity index (χ0v) is 20.2. The molecule has 0 aliphatic carbocycles. The largest absolute Gasteiger partial charge is 0.495 e. The summed E-state index contributed by atoms with van der Waals surface area (Å²) in [5, 5.41) is 2.90. The van der Waals surface area contributed by atoms with Gasteiger partial charge in [0.2, 0.25) is 0 Å². The molecule has 0 N–H and O–H groups in total. The summed E-state index contributed by atoms with van der Waals surface area (Å²) < 4.78 is 9.97. The van der Waals surface area contributed by atoms with Gasteiger partial charge in [0.15, 0.2) is 5.17 Å². The highest BCUT2D eigenvalue weighted by molar-refractivity contribution is 8.13. The lowest BCUT2D eigenvalue weighted by molar-refractivity contribution is -0.113. The molecule has 0 spiro atoms. The summed E-state index contributed by atoms with van der Waals surface area (Å²) in [6.07, 6.45) is 1.78. The molecule has 0 saturated heterocycles. The molecule has 6 nitrogen and oxygen atoms in total. The van der Waals surface area contributed by atoms with E-state index in [-0.39, 0.29) is 11.9 Å². The summed E-state index contributed by atoms with van der Waals surface area (Å²) in [5.41, 5.74) is 2.42. The number of amidine groups is 1. The minimum absolute atomic E-state index is 0.229. The van der Waals surface area contributed by atoms with Gasteiger partial charge in [0.05, 0.1) is 30.5 Å². The van der Waals surface area contributed by atoms with E-state index in [2.05, 4.69) is 4.99 Å². The number of nitrogens with zero attached hydrogens (tertiary/aromatic N) is 2. The highest BCUT2D eigenvalue weighted by Crippen LogP contribution is 2.35. The lowest BCUT2D eigenvalue weighted by Crippen LogP contribution is -2.30. The van der Waals surface area contributed by atoms with Gasteiger partial charge in [-0.3, -0.25) is 9.69 Å². The second kappa shape index (κ2) is 10.2. The Morgan fingerprint density at radius 2 is 1.97 bits per heavy atom. The normalized spacial score (nSPS) is 14.5. The summed E-state index contributed by atoms with van der Waals surface area (Å²) in [7, 11) is 2.89. The maximum Gasteiger partial charge on any atom is 0.337 e. The number of benzene rings is 2. The molecule has 168 valence electrons. The monoisotopic (exact) mass is 498 g/mol. The van der Waals surface area contributed by atoms with Crippen molar-refractivity contribution in [2.75, 3.05) is 19.1 Å². The van der Waals surface area contributed by atoms with Gasteiger partial charge in [0, 0.05) is 10.6 Å². The van der Waals surface area contributed by atoms with Crippen molar-refractivity contribution in [1.29, 1.82) is 0 Å². The van der Waals surface area contributed by atoms with E-state index in [1.165, 1.54) is 37.3 Å². The van der Waals surface area contributed by atoms with Crippen molar-refractivity contribution in [3.05, 3.63) is 86.7 Å². The Morgan fingerprint density at radius 1 is 1.18 bits per heavy atom. The van der Waals surface area contributed by atoms with E-state index in [0.717, 1.165) is 10.4 Å². The highest BCUT2D eigenvalue weighted by atomic mass is 35.5. The van der Waals surface area contributed by atoms with Crippen LogP contribution in [0.1, 0.15) is 20.8 Å². The number of rotatable bonds is 6. The molecule has 1 aliphatic heterocycles. The first-order chi connectivity index (χ1) is 16.0. The van der Waals surface area contributed by atoms with E-state index in [0.29, 0.717) is 38.6 Å². The fourth-order valence-corrected chi connectivity index (χ4v) is 5.00. The zero-order valence-electron chi connectivity index (χ0n) is 17.8. The third kappa shape index (κ3) is 5.13. The number of halogens is 1. The van der Waals surface area contributed by atoms with Crippen molar-refractivity contribution >= 4 is 63.5 Å². The molecule has 1 amide bonds. The van der Waals surface area contributed by atoms with Gasteiger partial charge >= 0.3 is 5.97 Å². The lowest BCUT2D eigenvalue weighted by Gasteiger charge is -2.18. The van der Waals surface area contributed by atoms with Crippen molar-refractivity contribution in [1.82, 2.24) is 0 Å². The minimum atomic E-state index is -0.383. The third-order valence-corrected chi connectivity index (χ3v) is 6.91. The molecule has 0 fully saturated rings. The molecule has 0 saturated carbocycles. The van der Waals surface area contributed by atoms with Crippen molar-refractivity contribution in [3.63, 3.8) is 0 Å². The van der Waals surface area contributed by atoms with Crippen LogP contribution in [0, 0.1) is 0 Å². The Hall–Kier alpha value is -3.07. The number of ether oxygens (including phenoxy) is 2. The second-order valence-electron chi connectivity index (χ2n) is 6.88. The van der Waals surface area contributed by atoms with Gasteiger partial charge in [0.25, 0.3) is 5.91 Å². The smallest absolute Gasteiger partial charge is 0.337 e. The molecule has 0 bridgehead atoms. The number of hydrogen-bond acceptors (Lipinski definition) is 7. The number of anilines is 1. The number of methoxy groups -OCH3 is 2. The van der Waals surface area contributed by atoms with Crippen molar-refractivity contribution in [2.45, 2.75) is 5.75 Å².